The first-order valence-electron chi connectivity index (χ1n) is 6.44. The highest BCUT2D eigenvalue weighted by molar-refractivity contribution is 5.02. The molecule has 3 rings (SSSR count). The van der Waals surface area contributed by atoms with Crippen LogP contribution in [0.1, 0.15) is 27.7 Å². The van der Waals surface area contributed by atoms with E-state index >= 15 is 0 Å². The van der Waals surface area contributed by atoms with Crippen LogP contribution in [0.25, 0.3) is 0 Å². The van der Waals surface area contributed by atoms with Crippen molar-refractivity contribution in [2.45, 2.75) is 63.4 Å². The van der Waals surface area contributed by atoms with Crippen LogP contribution in [-0.4, -0.2) is 48.8 Å². The van der Waals surface area contributed by atoms with Crippen LogP contribution in [0.5, 0.6) is 0 Å². The average Bonchev–Trinajstić information content (AvgIpc) is 2.70. The van der Waals surface area contributed by atoms with Gasteiger partial charge in [0, 0.05) is 0 Å². The van der Waals surface area contributed by atoms with E-state index in [2.05, 4.69) is 5.73 Å². The van der Waals surface area contributed by atoms with Gasteiger partial charge < -0.3 is 29.4 Å². The van der Waals surface area contributed by atoms with Gasteiger partial charge in [-0.25, -0.2) is 0 Å². The van der Waals surface area contributed by atoms with Crippen molar-refractivity contribution in [3.8, 4) is 0 Å². The van der Waals surface area contributed by atoms with Gasteiger partial charge in [0.1, 0.15) is 24.9 Å². The summed E-state index contributed by atoms with van der Waals surface area (Å²) in [5.41, 5.74) is 3.93. The molecule has 3 N–H and O–H groups in total. The second kappa shape index (κ2) is 3.65. The highest BCUT2D eigenvalue weighted by Gasteiger charge is 2.65. The van der Waals surface area contributed by atoms with Crippen LogP contribution < -0.4 is 5.73 Å². The largest absolute Gasteiger partial charge is 0.353 e. The monoisotopic (exact) mass is 260 g/mol. The van der Waals surface area contributed by atoms with E-state index in [-0.39, 0.29) is 18.3 Å². The Labute approximate surface area is 107 Å². The van der Waals surface area contributed by atoms with Crippen molar-refractivity contribution in [3.63, 3.8) is 0 Å². The van der Waals surface area contributed by atoms with Gasteiger partial charge in [-0.2, -0.15) is 0 Å². The van der Waals surface area contributed by atoms with Crippen molar-refractivity contribution in [1.82, 2.24) is 0 Å². The molecule has 3 fully saturated rings. The van der Waals surface area contributed by atoms with Crippen LogP contribution in [0.4, 0.5) is 0 Å². The van der Waals surface area contributed by atoms with Gasteiger partial charge in [-0.05, 0) is 27.7 Å². The lowest BCUT2D eigenvalue weighted by Crippen LogP contribution is -2.70. The SMILES string of the molecule is CC1(C)O[C@H]2[C@H]3OC(C)(C)O[C@@]3(C[NH3+])OC[C@H]2O1. The zero-order chi connectivity index (χ0) is 13.2. The van der Waals surface area contributed by atoms with Gasteiger partial charge in [0.05, 0.1) is 6.61 Å². The summed E-state index contributed by atoms with van der Waals surface area (Å²) in [6, 6.07) is 0. The molecular formula is C12H22NO5+. The van der Waals surface area contributed by atoms with Gasteiger partial charge in [-0.3, -0.25) is 0 Å². The summed E-state index contributed by atoms with van der Waals surface area (Å²) < 4.78 is 29.5. The van der Waals surface area contributed by atoms with Crippen LogP contribution in [0.2, 0.25) is 0 Å². The van der Waals surface area contributed by atoms with Crippen LogP contribution in [0.3, 0.4) is 0 Å². The lowest BCUT2D eigenvalue weighted by Gasteiger charge is -2.38. The first kappa shape index (κ1) is 12.8. The maximum Gasteiger partial charge on any atom is 0.251 e. The molecule has 0 aromatic heterocycles. The third-order valence-electron chi connectivity index (χ3n) is 3.62. The first-order valence-corrected chi connectivity index (χ1v) is 6.44. The molecule has 3 aliphatic heterocycles. The average molecular weight is 260 g/mol. The van der Waals surface area contributed by atoms with Crippen molar-refractivity contribution in [3.05, 3.63) is 0 Å². The topological polar surface area (TPSA) is 73.8 Å². The lowest BCUT2D eigenvalue weighted by atomic mass is 9.97. The molecule has 0 radical (unpaired) electrons. The van der Waals surface area contributed by atoms with Crippen molar-refractivity contribution < 1.29 is 29.4 Å². The van der Waals surface area contributed by atoms with Crippen LogP contribution in [0.15, 0.2) is 0 Å². The number of hydrogen-bond acceptors (Lipinski definition) is 5. The normalized spacial score (nSPS) is 48.8. The second-order valence-electron chi connectivity index (χ2n) is 6.05. The van der Waals surface area contributed by atoms with Gasteiger partial charge in [0.2, 0.25) is 0 Å². The van der Waals surface area contributed by atoms with Crippen LogP contribution >= 0.6 is 0 Å². The Bertz CT molecular complexity index is 358. The Morgan fingerprint density at radius 1 is 1.06 bits per heavy atom. The predicted octanol–water partition coefficient (Wildman–Crippen LogP) is -0.374. The van der Waals surface area contributed by atoms with E-state index in [9.17, 15) is 0 Å². The molecule has 4 atom stereocenters. The van der Waals surface area contributed by atoms with E-state index in [1.807, 2.05) is 27.7 Å². The van der Waals surface area contributed by atoms with E-state index in [4.69, 9.17) is 23.7 Å². The molecule has 0 saturated carbocycles. The number of quaternary nitrogens is 1. The molecule has 18 heavy (non-hydrogen) atoms. The van der Waals surface area contributed by atoms with Crippen molar-refractivity contribution in [2.75, 3.05) is 13.2 Å². The second-order valence-corrected chi connectivity index (χ2v) is 6.05. The van der Waals surface area contributed by atoms with Gasteiger partial charge in [0.25, 0.3) is 5.79 Å². The molecule has 0 amide bonds. The van der Waals surface area contributed by atoms with E-state index in [0.717, 1.165) is 0 Å². The van der Waals surface area contributed by atoms with E-state index in [1.165, 1.54) is 0 Å². The Hall–Kier alpha value is -0.240. The molecule has 104 valence electrons. The predicted molar refractivity (Wildman–Crippen MR) is 60.3 cm³/mol. The summed E-state index contributed by atoms with van der Waals surface area (Å²) in [5.74, 6) is -2.10. The van der Waals surface area contributed by atoms with Crippen molar-refractivity contribution in [1.29, 1.82) is 0 Å². The van der Waals surface area contributed by atoms with Crippen LogP contribution in [-0.2, 0) is 23.7 Å². The summed E-state index contributed by atoms with van der Waals surface area (Å²) in [6.07, 6.45) is -0.579. The Kier molecular flexibility index (Phi) is 2.59. The van der Waals surface area contributed by atoms with Gasteiger partial charge in [-0.15, -0.1) is 0 Å². The van der Waals surface area contributed by atoms with E-state index in [0.29, 0.717) is 13.2 Å². The molecular weight excluding hydrogens is 238 g/mol. The minimum Gasteiger partial charge on any atom is -0.353 e. The molecule has 6 heteroatoms. The third-order valence-corrected chi connectivity index (χ3v) is 3.62. The van der Waals surface area contributed by atoms with Crippen molar-refractivity contribution >= 4 is 0 Å². The summed E-state index contributed by atoms with van der Waals surface area (Å²) in [7, 11) is 0. The van der Waals surface area contributed by atoms with Crippen LogP contribution in [0, 0.1) is 0 Å². The van der Waals surface area contributed by atoms with Gasteiger partial charge in [-0.1, -0.05) is 0 Å². The molecule has 0 aromatic rings. The Balaban J connectivity index is 1.90. The van der Waals surface area contributed by atoms with Crippen molar-refractivity contribution in [2.24, 2.45) is 0 Å². The fourth-order valence-corrected chi connectivity index (χ4v) is 3.06. The van der Waals surface area contributed by atoms with Gasteiger partial charge >= 0.3 is 0 Å². The van der Waals surface area contributed by atoms with Gasteiger partial charge in [0.15, 0.2) is 11.6 Å². The molecule has 6 nitrogen and oxygen atoms in total. The summed E-state index contributed by atoms with van der Waals surface area (Å²) in [5, 5.41) is 0. The molecule has 0 spiro atoms. The first-order chi connectivity index (χ1) is 8.27. The zero-order valence-corrected chi connectivity index (χ0v) is 11.4. The standard InChI is InChI=1S/C12H21NO5/c1-10(2)15-7-5-14-12(6-13)9(8(7)16-10)17-11(3,4)18-12/h7-9H,5-6,13H2,1-4H3/p+1/t7-,8-,9-,12-/m1/s1. The van der Waals surface area contributed by atoms with E-state index < -0.39 is 17.4 Å². The smallest absolute Gasteiger partial charge is 0.251 e. The highest BCUT2D eigenvalue weighted by atomic mass is 16.9. The Morgan fingerprint density at radius 2 is 1.78 bits per heavy atom. The highest BCUT2D eigenvalue weighted by Crippen LogP contribution is 2.46. The number of rotatable bonds is 1. The molecule has 0 unspecified atom stereocenters. The molecule has 3 aliphatic rings. The quantitative estimate of drug-likeness (QED) is 0.696. The fourth-order valence-electron chi connectivity index (χ4n) is 3.06. The number of fused-ring (bicyclic) bond motifs is 3. The van der Waals surface area contributed by atoms with E-state index in [1.54, 1.807) is 0 Å². The molecule has 3 saturated heterocycles. The Morgan fingerprint density at radius 3 is 2.44 bits per heavy atom. The third kappa shape index (κ3) is 1.79. The summed E-state index contributed by atoms with van der Waals surface area (Å²) >= 11 is 0. The summed E-state index contributed by atoms with van der Waals surface area (Å²) in [6.45, 7) is 8.48. The fraction of sp³-hybridized carbons (Fsp3) is 1.00. The molecule has 0 aliphatic carbocycles. The maximum atomic E-state index is 5.96. The lowest BCUT2D eigenvalue weighted by molar-refractivity contribution is -0.449. The zero-order valence-electron chi connectivity index (χ0n) is 11.4. The maximum absolute atomic E-state index is 5.96. The number of ether oxygens (including phenoxy) is 5. The molecule has 0 bridgehead atoms. The summed E-state index contributed by atoms with van der Waals surface area (Å²) in [4.78, 5) is 0. The molecule has 0 aromatic carbocycles. The number of hydrogen-bond donors (Lipinski definition) is 1. The minimum atomic E-state index is -0.811. The minimum absolute atomic E-state index is 0.109. The molecule has 3 heterocycles.